The van der Waals surface area contributed by atoms with Crippen molar-refractivity contribution in [1.82, 2.24) is 19.8 Å². The molecule has 1 amide bonds. The van der Waals surface area contributed by atoms with E-state index < -0.39 is 5.97 Å². The number of carboxylic acid groups (broad SMARTS) is 1. The maximum absolute atomic E-state index is 11.7. The summed E-state index contributed by atoms with van der Waals surface area (Å²) >= 11 is 0. The summed E-state index contributed by atoms with van der Waals surface area (Å²) in [5.74, 6) is -0.712. The molecule has 1 N–H and O–H groups in total. The summed E-state index contributed by atoms with van der Waals surface area (Å²) in [6, 6.07) is 0. The van der Waals surface area contributed by atoms with Crippen LogP contribution >= 0.6 is 0 Å². The van der Waals surface area contributed by atoms with Crippen LogP contribution in [0.15, 0.2) is 11.4 Å². The number of nitrogens with zero attached hydrogens (tertiary/aromatic N) is 5. The lowest BCUT2D eigenvalue weighted by Gasteiger charge is -2.21. The molecule has 0 fully saturated rings. The smallest absolute Gasteiger partial charge is 0.352 e. The highest BCUT2D eigenvalue weighted by Gasteiger charge is 2.25. The van der Waals surface area contributed by atoms with E-state index in [0.717, 1.165) is 5.01 Å². The summed E-state index contributed by atoms with van der Waals surface area (Å²) < 4.78 is 1.64. The first-order valence-corrected chi connectivity index (χ1v) is 5.59. The summed E-state index contributed by atoms with van der Waals surface area (Å²) in [4.78, 5) is 26.5. The van der Waals surface area contributed by atoms with Crippen LogP contribution in [0.3, 0.4) is 0 Å². The SMILES string of the molecule is CCn1ncnc1CN1N=C(C(=O)O)CCC1=O. The lowest BCUT2D eigenvalue weighted by Crippen LogP contribution is -2.34. The van der Waals surface area contributed by atoms with Crippen LogP contribution in [0.1, 0.15) is 25.6 Å². The standard InChI is InChI=1S/C10H13N5O3/c1-2-14-8(11-6-12-14)5-15-9(16)4-3-7(13-15)10(17)18/h6H,2-5H2,1H3,(H,17,18). The summed E-state index contributed by atoms with van der Waals surface area (Å²) in [7, 11) is 0. The van der Waals surface area contributed by atoms with Gasteiger partial charge in [0, 0.05) is 19.4 Å². The lowest BCUT2D eigenvalue weighted by molar-refractivity contribution is -0.133. The minimum atomic E-state index is -1.09. The Morgan fingerprint density at radius 2 is 2.28 bits per heavy atom. The number of carbonyl (C=O) groups is 2. The maximum atomic E-state index is 11.7. The fourth-order valence-electron chi connectivity index (χ4n) is 1.69. The highest BCUT2D eigenvalue weighted by atomic mass is 16.4. The number of rotatable bonds is 4. The second-order valence-electron chi connectivity index (χ2n) is 3.80. The second-order valence-corrected chi connectivity index (χ2v) is 3.80. The number of hydrogen-bond acceptors (Lipinski definition) is 5. The first-order valence-electron chi connectivity index (χ1n) is 5.59. The van der Waals surface area contributed by atoms with E-state index in [1.807, 2.05) is 6.92 Å². The van der Waals surface area contributed by atoms with Gasteiger partial charge in [0.15, 0.2) is 0 Å². The summed E-state index contributed by atoms with van der Waals surface area (Å²) in [6.45, 7) is 2.68. The molecule has 0 saturated carbocycles. The molecule has 18 heavy (non-hydrogen) atoms. The molecule has 1 aromatic rings. The van der Waals surface area contributed by atoms with Gasteiger partial charge < -0.3 is 5.11 Å². The summed E-state index contributed by atoms with van der Waals surface area (Å²) in [5, 5.41) is 17.8. The van der Waals surface area contributed by atoms with Gasteiger partial charge in [-0.1, -0.05) is 0 Å². The first-order chi connectivity index (χ1) is 8.61. The molecular formula is C10H13N5O3. The zero-order valence-corrected chi connectivity index (χ0v) is 9.91. The third kappa shape index (κ3) is 2.36. The fraction of sp³-hybridized carbons (Fsp3) is 0.500. The van der Waals surface area contributed by atoms with Crippen LogP contribution in [0.5, 0.6) is 0 Å². The van der Waals surface area contributed by atoms with Crippen molar-refractivity contribution in [2.24, 2.45) is 5.10 Å². The monoisotopic (exact) mass is 251 g/mol. The molecule has 96 valence electrons. The van der Waals surface area contributed by atoms with E-state index in [-0.39, 0.29) is 31.0 Å². The van der Waals surface area contributed by atoms with Gasteiger partial charge in [0.05, 0.1) is 0 Å². The number of aromatic nitrogens is 3. The Labute approximate surface area is 103 Å². The van der Waals surface area contributed by atoms with E-state index in [4.69, 9.17) is 5.11 Å². The molecule has 0 aliphatic carbocycles. The van der Waals surface area contributed by atoms with Gasteiger partial charge in [-0.15, -0.1) is 0 Å². The van der Waals surface area contributed by atoms with Crippen molar-refractivity contribution in [2.45, 2.75) is 32.9 Å². The van der Waals surface area contributed by atoms with E-state index in [1.165, 1.54) is 6.33 Å². The number of amides is 1. The van der Waals surface area contributed by atoms with Crippen LogP contribution in [-0.4, -0.2) is 42.5 Å². The van der Waals surface area contributed by atoms with E-state index in [9.17, 15) is 9.59 Å². The Morgan fingerprint density at radius 1 is 1.50 bits per heavy atom. The maximum Gasteiger partial charge on any atom is 0.352 e. The molecule has 0 aromatic carbocycles. The number of aryl methyl sites for hydroxylation is 1. The van der Waals surface area contributed by atoms with Gasteiger partial charge >= 0.3 is 5.97 Å². The molecule has 0 spiro atoms. The summed E-state index contributed by atoms with van der Waals surface area (Å²) in [6.07, 6.45) is 1.73. The van der Waals surface area contributed by atoms with Crippen molar-refractivity contribution < 1.29 is 14.7 Å². The van der Waals surface area contributed by atoms with Crippen LogP contribution in [0.4, 0.5) is 0 Å². The Morgan fingerprint density at radius 3 is 2.94 bits per heavy atom. The molecule has 0 bridgehead atoms. The van der Waals surface area contributed by atoms with Gasteiger partial charge in [-0.3, -0.25) is 4.79 Å². The molecule has 2 heterocycles. The Hall–Kier alpha value is -2.25. The van der Waals surface area contributed by atoms with E-state index in [1.54, 1.807) is 4.68 Å². The van der Waals surface area contributed by atoms with Gasteiger partial charge in [-0.25, -0.2) is 19.5 Å². The normalized spacial score (nSPS) is 15.7. The lowest BCUT2D eigenvalue weighted by atomic mass is 10.2. The third-order valence-corrected chi connectivity index (χ3v) is 2.64. The molecule has 1 aromatic heterocycles. The van der Waals surface area contributed by atoms with Gasteiger partial charge in [-0.2, -0.15) is 10.2 Å². The molecule has 0 unspecified atom stereocenters. The average molecular weight is 251 g/mol. The van der Waals surface area contributed by atoms with Crippen LogP contribution in [0.25, 0.3) is 0 Å². The quantitative estimate of drug-likeness (QED) is 0.802. The predicted octanol–water partition coefficient (Wildman–Crippen LogP) is -0.139. The Balaban J connectivity index is 2.19. The number of carbonyl (C=O) groups excluding carboxylic acids is 1. The number of carboxylic acids is 1. The largest absolute Gasteiger partial charge is 0.477 e. The average Bonchev–Trinajstić information content (AvgIpc) is 2.79. The van der Waals surface area contributed by atoms with Gasteiger partial charge in [-0.05, 0) is 6.92 Å². The van der Waals surface area contributed by atoms with Gasteiger partial charge in [0.1, 0.15) is 24.4 Å². The second kappa shape index (κ2) is 4.94. The van der Waals surface area contributed by atoms with Crippen molar-refractivity contribution in [3.8, 4) is 0 Å². The predicted molar refractivity (Wildman–Crippen MR) is 60.6 cm³/mol. The highest BCUT2D eigenvalue weighted by Crippen LogP contribution is 2.12. The minimum absolute atomic E-state index is 0.00263. The van der Waals surface area contributed by atoms with E-state index in [0.29, 0.717) is 12.4 Å². The van der Waals surface area contributed by atoms with E-state index >= 15 is 0 Å². The first kappa shape index (κ1) is 12.2. The van der Waals surface area contributed by atoms with Crippen LogP contribution in [-0.2, 0) is 22.7 Å². The number of aliphatic carboxylic acids is 1. The minimum Gasteiger partial charge on any atom is -0.477 e. The molecule has 8 nitrogen and oxygen atoms in total. The fourth-order valence-corrected chi connectivity index (χ4v) is 1.69. The Kier molecular flexibility index (Phi) is 3.35. The van der Waals surface area contributed by atoms with Crippen LogP contribution in [0, 0.1) is 0 Å². The number of hydrogen-bond donors (Lipinski definition) is 1. The third-order valence-electron chi connectivity index (χ3n) is 2.64. The molecule has 0 radical (unpaired) electrons. The van der Waals surface area contributed by atoms with Crippen molar-refractivity contribution in [1.29, 1.82) is 0 Å². The van der Waals surface area contributed by atoms with Gasteiger partial charge in [0.25, 0.3) is 0 Å². The molecule has 1 aliphatic rings. The van der Waals surface area contributed by atoms with E-state index in [2.05, 4.69) is 15.2 Å². The van der Waals surface area contributed by atoms with Crippen molar-refractivity contribution >= 4 is 17.6 Å². The summed E-state index contributed by atoms with van der Waals surface area (Å²) in [5.41, 5.74) is -0.00263. The molecule has 2 rings (SSSR count). The zero-order valence-electron chi connectivity index (χ0n) is 9.91. The van der Waals surface area contributed by atoms with Crippen LogP contribution in [0.2, 0.25) is 0 Å². The molecule has 0 atom stereocenters. The van der Waals surface area contributed by atoms with Crippen molar-refractivity contribution in [3.05, 3.63) is 12.2 Å². The molecule has 8 heteroatoms. The van der Waals surface area contributed by atoms with Crippen molar-refractivity contribution in [2.75, 3.05) is 0 Å². The van der Waals surface area contributed by atoms with Crippen molar-refractivity contribution in [3.63, 3.8) is 0 Å². The molecular weight excluding hydrogens is 238 g/mol. The topological polar surface area (TPSA) is 101 Å². The van der Waals surface area contributed by atoms with Crippen LogP contribution < -0.4 is 0 Å². The van der Waals surface area contributed by atoms with Gasteiger partial charge in [0.2, 0.25) is 5.91 Å². The molecule has 0 saturated heterocycles. The Bertz CT molecular complexity index is 507. The zero-order chi connectivity index (χ0) is 13.1. The number of hydrazone groups is 1. The molecule has 1 aliphatic heterocycles. The highest BCUT2D eigenvalue weighted by molar-refractivity contribution is 6.36.